The highest BCUT2D eigenvalue weighted by molar-refractivity contribution is 7.80. The topological polar surface area (TPSA) is 114 Å². The molecule has 0 aromatic heterocycles. The number of carbonyl (C=O) groups is 4. The van der Waals surface area contributed by atoms with Gasteiger partial charge in [0.15, 0.2) is 5.11 Å². The van der Waals surface area contributed by atoms with Crippen LogP contribution < -0.4 is 10.6 Å². The van der Waals surface area contributed by atoms with E-state index in [1.165, 1.54) is 36.3 Å². The van der Waals surface area contributed by atoms with Gasteiger partial charge in [0.25, 0.3) is 5.91 Å². The summed E-state index contributed by atoms with van der Waals surface area (Å²) in [5.41, 5.74) is 1.62. The van der Waals surface area contributed by atoms with Crippen molar-refractivity contribution in [3.8, 4) is 0 Å². The van der Waals surface area contributed by atoms with Crippen LogP contribution in [0.25, 0.3) is 0 Å². The third kappa shape index (κ3) is 6.61. The number of carbonyl (C=O) groups excluding carboxylic acids is 4. The number of thiocarbonyl (C=S) groups is 1. The summed E-state index contributed by atoms with van der Waals surface area (Å²) in [6.45, 7) is 0.844. The largest absolute Gasteiger partial charge is 0.465 e. The average Bonchev–Trinajstić information content (AvgIpc) is 2.85. The van der Waals surface area contributed by atoms with Crippen molar-refractivity contribution in [1.82, 2.24) is 15.5 Å². The van der Waals surface area contributed by atoms with Crippen LogP contribution in [0.1, 0.15) is 32.7 Å². The molecule has 0 bridgehead atoms. The van der Waals surface area contributed by atoms with Gasteiger partial charge in [-0.3, -0.25) is 19.7 Å². The van der Waals surface area contributed by atoms with E-state index in [-0.39, 0.29) is 29.6 Å². The Morgan fingerprint density at radius 2 is 1.76 bits per heavy atom. The Bertz CT molecular complexity index is 1060. The zero-order valence-electron chi connectivity index (χ0n) is 18.6. The van der Waals surface area contributed by atoms with Gasteiger partial charge in [-0.15, -0.1) is 0 Å². The zero-order valence-corrected chi connectivity index (χ0v) is 19.4. The number of nitrogens with one attached hydrogen (secondary N) is 2. The van der Waals surface area contributed by atoms with E-state index in [1.807, 2.05) is 30.3 Å². The highest BCUT2D eigenvalue weighted by Gasteiger charge is 2.34. The lowest BCUT2D eigenvalue weighted by molar-refractivity contribution is -0.147. The molecule has 1 heterocycles. The predicted octanol–water partition coefficient (Wildman–Crippen LogP) is 1.46. The number of ether oxygens (including phenoxy) is 2. The van der Waals surface area contributed by atoms with Crippen LogP contribution >= 0.6 is 12.2 Å². The van der Waals surface area contributed by atoms with E-state index in [4.69, 9.17) is 17.0 Å². The second-order valence-electron chi connectivity index (χ2n) is 7.49. The molecule has 0 aliphatic carbocycles. The maximum atomic E-state index is 12.6. The smallest absolute Gasteiger partial charge is 0.337 e. The molecule has 34 heavy (non-hydrogen) atoms. The molecule has 1 atom stereocenters. The van der Waals surface area contributed by atoms with Crippen LogP contribution in [0.2, 0.25) is 0 Å². The minimum Gasteiger partial charge on any atom is -0.465 e. The number of methoxy groups -OCH3 is 1. The van der Waals surface area contributed by atoms with E-state index in [0.29, 0.717) is 25.1 Å². The van der Waals surface area contributed by atoms with Crippen LogP contribution in [0.5, 0.6) is 0 Å². The minimum atomic E-state index is -0.896. The van der Waals surface area contributed by atoms with Crippen molar-refractivity contribution in [2.45, 2.75) is 18.9 Å². The van der Waals surface area contributed by atoms with Crippen molar-refractivity contribution < 1.29 is 28.7 Å². The second-order valence-corrected chi connectivity index (χ2v) is 7.88. The van der Waals surface area contributed by atoms with Crippen molar-refractivity contribution in [2.75, 3.05) is 26.8 Å². The van der Waals surface area contributed by atoms with E-state index >= 15 is 0 Å². The molecule has 0 spiro atoms. The third-order valence-corrected chi connectivity index (χ3v) is 5.57. The first-order valence-electron chi connectivity index (χ1n) is 10.7. The number of benzene rings is 2. The maximum Gasteiger partial charge on any atom is 0.337 e. The summed E-state index contributed by atoms with van der Waals surface area (Å²) < 4.78 is 9.94. The number of rotatable bonds is 7. The molecule has 1 aliphatic rings. The summed E-state index contributed by atoms with van der Waals surface area (Å²) >= 11 is 5.36. The van der Waals surface area contributed by atoms with Gasteiger partial charge in [-0.1, -0.05) is 30.3 Å². The molecule has 3 rings (SSSR count). The Kier molecular flexibility index (Phi) is 8.69. The Hall–Kier alpha value is -3.79. The van der Waals surface area contributed by atoms with Crippen LogP contribution in [0.3, 0.4) is 0 Å². The van der Waals surface area contributed by atoms with Crippen molar-refractivity contribution in [3.05, 3.63) is 71.3 Å². The highest BCUT2D eigenvalue weighted by Crippen LogP contribution is 2.12. The molecule has 1 saturated heterocycles. The summed E-state index contributed by atoms with van der Waals surface area (Å²) in [6, 6.07) is 14.6. The van der Waals surface area contributed by atoms with E-state index in [2.05, 4.69) is 15.4 Å². The number of nitrogens with zero attached hydrogens (tertiary/aromatic N) is 1. The van der Waals surface area contributed by atoms with Gasteiger partial charge in [-0.25, -0.2) is 4.79 Å². The van der Waals surface area contributed by atoms with Gasteiger partial charge in [0, 0.05) is 25.1 Å². The Morgan fingerprint density at radius 3 is 2.44 bits per heavy atom. The molecule has 2 amide bonds. The van der Waals surface area contributed by atoms with E-state index in [0.717, 1.165) is 5.56 Å². The van der Waals surface area contributed by atoms with Gasteiger partial charge < -0.3 is 19.7 Å². The van der Waals surface area contributed by atoms with Crippen LogP contribution in [-0.4, -0.2) is 66.6 Å². The average molecular weight is 484 g/mol. The van der Waals surface area contributed by atoms with Gasteiger partial charge >= 0.3 is 11.9 Å². The normalized spacial score (nSPS) is 15.1. The first kappa shape index (κ1) is 24.8. The molecule has 9 nitrogen and oxygen atoms in total. The standard InChI is InChI=1S/C24H25N3O6S/c1-32-23(31)18-9-7-17(8-10-18)21(29)26-24(34)27-13-12-25-22(30)19(27)15-20(28)33-14-11-16-5-3-2-4-6-16/h2-10,19H,11-15H2,1H3,(H,25,30)(H,26,29,34). The summed E-state index contributed by atoms with van der Waals surface area (Å²) in [5, 5.41) is 5.32. The van der Waals surface area contributed by atoms with Crippen LogP contribution in [-0.2, 0) is 25.5 Å². The number of hydrogen-bond donors (Lipinski definition) is 2. The monoisotopic (exact) mass is 483 g/mol. The SMILES string of the molecule is COC(=O)c1ccc(C(=O)NC(=S)N2CCNC(=O)C2CC(=O)OCCc2ccccc2)cc1. The predicted molar refractivity (Wildman–Crippen MR) is 127 cm³/mol. The zero-order chi connectivity index (χ0) is 24.5. The van der Waals surface area contributed by atoms with Gasteiger partial charge in [0.2, 0.25) is 5.91 Å². The lowest BCUT2D eigenvalue weighted by Gasteiger charge is -2.36. The number of amides is 2. The molecule has 1 fully saturated rings. The number of hydrogen-bond acceptors (Lipinski definition) is 7. The van der Waals surface area contributed by atoms with E-state index in [9.17, 15) is 19.2 Å². The molecule has 2 aromatic rings. The van der Waals surface area contributed by atoms with Crippen molar-refractivity contribution in [1.29, 1.82) is 0 Å². The van der Waals surface area contributed by atoms with Gasteiger partial charge in [-0.05, 0) is 42.0 Å². The first-order valence-corrected chi connectivity index (χ1v) is 11.1. The first-order chi connectivity index (χ1) is 16.4. The molecular weight excluding hydrogens is 458 g/mol. The van der Waals surface area contributed by atoms with Gasteiger partial charge in [0.05, 0.1) is 25.7 Å². The maximum absolute atomic E-state index is 12.6. The summed E-state index contributed by atoms with van der Waals surface area (Å²) in [6.07, 6.45) is 0.362. The third-order valence-electron chi connectivity index (χ3n) is 5.24. The van der Waals surface area contributed by atoms with Crippen LogP contribution in [0.4, 0.5) is 0 Å². The number of esters is 2. The quantitative estimate of drug-likeness (QED) is 0.450. The molecule has 2 aromatic carbocycles. The van der Waals surface area contributed by atoms with Crippen molar-refractivity contribution in [2.24, 2.45) is 0 Å². The lowest BCUT2D eigenvalue weighted by atomic mass is 10.1. The van der Waals surface area contributed by atoms with Crippen LogP contribution in [0, 0.1) is 0 Å². The molecule has 0 saturated carbocycles. The molecular formula is C24H25N3O6S. The van der Waals surface area contributed by atoms with Crippen molar-refractivity contribution in [3.63, 3.8) is 0 Å². The summed E-state index contributed by atoms with van der Waals surface area (Å²) in [7, 11) is 1.27. The van der Waals surface area contributed by atoms with E-state index in [1.54, 1.807) is 0 Å². The molecule has 178 valence electrons. The molecule has 10 heteroatoms. The fourth-order valence-electron chi connectivity index (χ4n) is 3.42. The second kappa shape index (κ2) is 11.9. The minimum absolute atomic E-state index is 0.0268. The Labute approximate surface area is 202 Å². The van der Waals surface area contributed by atoms with E-state index < -0.39 is 23.9 Å². The molecule has 0 radical (unpaired) electrons. The highest BCUT2D eigenvalue weighted by atomic mass is 32.1. The van der Waals surface area contributed by atoms with Gasteiger partial charge in [-0.2, -0.15) is 0 Å². The molecule has 1 unspecified atom stereocenters. The molecule has 2 N–H and O–H groups in total. The van der Waals surface area contributed by atoms with Crippen LogP contribution in [0.15, 0.2) is 54.6 Å². The fourth-order valence-corrected chi connectivity index (χ4v) is 3.73. The summed E-state index contributed by atoms with van der Waals surface area (Å²) in [4.78, 5) is 50.5. The number of piperazine rings is 1. The Morgan fingerprint density at radius 1 is 1.09 bits per heavy atom. The fraction of sp³-hybridized carbons (Fsp3) is 0.292. The Balaban J connectivity index is 1.57. The summed E-state index contributed by atoms with van der Waals surface area (Å²) in [5.74, 6) is -1.92. The lowest BCUT2D eigenvalue weighted by Crippen LogP contribution is -2.60. The molecule has 1 aliphatic heterocycles. The van der Waals surface area contributed by atoms with Gasteiger partial charge in [0.1, 0.15) is 6.04 Å². The van der Waals surface area contributed by atoms with Crippen molar-refractivity contribution >= 4 is 41.1 Å².